The first kappa shape index (κ1) is 13.8. The number of likely N-dealkylation sites (N-methyl/N-ethyl adjacent to an activating group) is 1. The normalized spacial score (nSPS) is 13.7. The van der Waals surface area contributed by atoms with E-state index in [1.54, 1.807) is 23.4 Å². The zero-order valence-corrected chi connectivity index (χ0v) is 13.0. The molecule has 23 heavy (non-hydrogen) atoms. The highest BCUT2D eigenvalue weighted by atomic mass is 16.2. The Morgan fingerprint density at radius 3 is 2.52 bits per heavy atom. The minimum absolute atomic E-state index is 0.0302. The summed E-state index contributed by atoms with van der Waals surface area (Å²) in [5.74, 6) is -0.0167. The van der Waals surface area contributed by atoms with E-state index < -0.39 is 0 Å². The summed E-state index contributed by atoms with van der Waals surface area (Å²) >= 11 is 0. The number of anilines is 1. The van der Waals surface area contributed by atoms with Gasteiger partial charge in [-0.15, -0.1) is 0 Å². The molecule has 1 aliphatic heterocycles. The molecule has 0 spiro atoms. The molecule has 0 saturated carbocycles. The highest BCUT2D eigenvalue weighted by molar-refractivity contribution is 6.09. The SMILES string of the molecule is CC(=O)n1c2c(c3ccccc31)CC(=O)N(C)c1ccccc1-2. The fraction of sp³-hybridized carbons (Fsp3) is 0.158. The summed E-state index contributed by atoms with van der Waals surface area (Å²) in [6, 6.07) is 15.5. The lowest BCUT2D eigenvalue weighted by atomic mass is 10.0. The van der Waals surface area contributed by atoms with E-state index in [4.69, 9.17) is 0 Å². The standard InChI is InChI=1S/C19H16N2O2/c1-12(22)21-17-10-6-3-7-13(17)15-11-18(23)20(2)16-9-5-4-8-14(16)19(15)21/h3-10H,11H2,1-2H3. The van der Waals surface area contributed by atoms with Gasteiger partial charge < -0.3 is 4.90 Å². The number of amides is 1. The van der Waals surface area contributed by atoms with Crippen LogP contribution >= 0.6 is 0 Å². The number of rotatable bonds is 0. The first-order chi connectivity index (χ1) is 11.1. The van der Waals surface area contributed by atoms with E-state index in [1.807, 2.05) is 48.5 Å². The van der Waals surface area contributed by atoms with Crippen molar-refractivity contribution < 1.29 is 9.59 Å². The van der Waals surface area contributed by atoms with Gasteiger partial charge in [0.1, 0.15) is 0 Å². The topological polar surface area (TPSA) is 42.3 Å². The Labute approximate surface area is 133 Å². The molecule has 0 radical (unpaired) electrons. The number of nitrogens with zero attached hydrogens (tertiary/aromatic N) is 2. The quantitative estimate of drug-likeness (QED) is 0.638. The zero-order valence-electron chi connectivity index (χ0n) is 13.0. The average molecular weight is 304 g/mol. The van der Waals surface area contributed by atoms with Gasteiger partial charge in [-0.3, -0.25) is 14.2 Å². The highest BCUT2D eigenvalue weighted by Crippen LogP contribution is 2.41. The first-order valence-corrected chi connectivity index (χ1v) is 7.59. The number of benzene rings is 2. The van der Waals surface area contributed by atoms with Gasteiger partial charge in [0, 0.05) is 24.9 Å². The molecule has 0 unspecified atom stereocenters. The molecule has 1 amide bonds. The summed E-state index contributed by atoms with van der Waals surface area (Å²) in [5.41, 5.74) is 4.38. The van der Waals surface area contributed by atoms with Gasteiger partial charge in [0.2, 0.25) is 11.8 Å². The molecular weight excluding hydrogens is 288 g/mol. The minimum Gasteiger partial charge on any atom is -0.315 e. The lowest BCUT2D eigenvalue weighted by Crippen LogP contribution is -2.26. The van der Waals surface area contributed by atoms with Crippen LogP contribution < -0.4 is 4.90 Å². The monoisotopic (exact) mass is 304 g/mol. The largest absolute Gasteiger partial charge is 0.315 e. The van der Waals surface area contributed by atoms with E-state index in [0.717, 1.165) is 33.4 Å². The van der Waals surface area contributed by atoms with E-state index in [2.05, 4.69) is 0 Å². The third kappa shape index (κ3) is 1.84. The van der Waals surface area contributed by atoms with Crippen molar-refractivity contribution in [3.8, 4) is 11.3 Å². The van der Waals surface area contributed by atoms with Crippen molar-refractivity contribution in [2.24, 2.45) is 0 Å². The number of hydrogen-bond acceptors (Lipinski definition) is 2. The molecule has 4 rings (SSSR count). The molecule has 4 heteroatoms. The highest BCUT2D eigenvalue weighted by Gasteiger charge is 2.29. The van der Waals surface area contributed by atoms with Crippen LogP contribution in [0, 0.1) is 0 Å². The van der Waals surface area contributed by atoms with Gasteiger partial charge >= 0.3 is 0 Å². The van der Waals surface area contributed by atoms with Crippen LogP contribution in [0.25, 0.3) is 22.2 Å². The van der Waals surface area contributed by atoms with Gasteiger partial charge in [-0.05, 0) is 17.7 Å². The van der Waals surface area contributed by atoms with Crippen molar-refractivity contribution in [2.75, 3.05) is 11.9 Å². The Balaban J connectivity index is 2.21. The van der Waals surface area contributed by atoms with Gasteiger partial charge in [0.15, 0.2) is 0 Å². The maximum atomic E-state index is 12.6. The predicted molar refractivity (Wildman–Crippen MR) is 90.8 cm³/mol. The Morgan fingerprint density at radius 2 is 1.74 bits per heavy atom. The summed E-state index contributed by atoms with van der Waals surface area (Å²) < 4.78 is 1.73. The number of hydrogen-bond donors (Lipinski definition) is 0. The first-order valence-electron chi connectivity index (χ1n) is 7.59. The van der Waals surface area contributed by atoms with Crippen molar-refractivity contribution in [1.82, 2.24) is 4.57 Å². The maximum absolute atomic E-state index is 12.6. The van der Waals surface area contributed by atoms with Crippen LogP contribution in [0.1, 0.15) is 17.3 Å². The van der Waals surface area contributed by atoms with Crippen molar-refractivity contribution in [2.45, 2.75) is 13.3 Å². The molecule has 0 aliphatic carbocycles. The van der Waals surface area contributed by atoms with E-state index in [9.17, 15) is 9.59 Å². The third-order valence-corrected chi connectivity index (χ3v) is 4.52. The van der Waals surface area contributed by atoms with Gasteiger partial charge in [-0.2, -0.15) is 0 Å². The van der Waals surface area contributed by atoms with Gasteiger partial charge in [0.25, 0.3) is 0 Å². The van der Waals surface area contributed by atoms with Crippen LogP contribution in [0.2, 0.25) is 0 Å². The van der Waals surface area contributed by atoms with Crippen LogP contribution in [0.15, 0.2) is 48.5 Å². The minimum atomic E-state index is -0.0470. The molecule has 1 aliphatic rings. The van der Waals surface area contributed by atoms with Crippen LogP contribution in [0.4, 0.5) is 5.69 Å². The van der Waals surface area contributed by atoms with Crippen LogP contribution in [0.3, 0.4) is 0 Å². The smallest absolute Gasteiger partial charge is 0.231 e. The number of para-hydroxylation sites is 2. The Bertz CT molecular complexity index is 969. The van der Waals surface area contributed by atoms with Crippen molar-refractivity contribution in [3.63, 3.8) is 0 Å². The summed E-state index contributed by atoms with van der Waals surface area (Å²) in [4.78, 5) is 26.6. The third-order valence-electron chi connectivity index (χ3n) is 4.52. The van der Waals surface area contributed by atoms with Crippen molar-refractivity contribution >= 4 is 28.4 Å². The number of aromatic nitrogens is 1. The lowest BCUT2D eigenvalue weighted by molar-refractivity contribution is -0.117. The van der Waals surface area contributed by atoms with Crippen molar-refractivity contribution in [1.29, 1.82) is 0 Å². The van der Waals surface area contributed by atoms with E-state index in [-0.39, 0.29) is 11.8 Å². The summed E-state index contributed by atoms with van der Waals surface area (Å²) in [7, 11) is 1.79. The molecule has 0 atom stereocenters. The van der Waals surface area contributed by atoms with Crippen LogP contribution in [-0.4, -0.2) is 23.4 Å². The lowest BCUT2D eigenvalue weighted by Gasteiger charge is -2.18. The second-order valence-electron chi connectivity index (χ2n) is 5.85. The summed E-state index contributed by atoms with van der Waals surface area (Å²) in [6.45, 7) is 1.56. The predicted octanol–water partition coefficient (Wildman–Crippen LogP) is 3.49. The summed E-state index contributed by atoms with van der Waals surface area (Å²) in [6.07, 6.45) is 0.293. The summed E-state index contributed by atoms with van der Waals surface area (Å²) in [5, 5.41) is 0.969. The van der Waals surface area contributed by atoms with Crippen LogP contribution in [0.5, 0.6) is 0 Å². The molecule has 0 N–H and O–H groups in total. The molecular formula is C19H16N2O2. The number of carbonyl (C=O) groups is 2. The molecule has 114 valence electrons. The second kappa shape index (κ2) is 4.81. The zero-order chi connectivity index (χ0) is 16.1. The Hall–Kier alpha value is -2.88. The molecule has 0 saturated heterocycles. The van der Waals surface area contributed by atoms with Crippen LogP contribution in [-0.2, 0) is 11.2 Å². The number of fused-ring (bicyclic) bond motifs is 5. The molecule has 2 aromatic carbocycles. The molecule has 4 nitrogen and oxygen atoms in total. The average Bonchev–Trinajstić information content (AvgIpc) is 2.83. The van der Waals surface area contributed by atoms with Crippen molar-refractivity contribution in [3.05, 3.63) is 54.1 Å². The molecule has 0 fully saturated rings. The van der Waals surface area contributed by atoms with E-state index >= 15 is 0 Å². The fourth-order valence-corrected chi connectivity index (χ4v) is 3.47. The maximum Gasteiger partial charge on any atom is 0.231 e. The number of carbonyl (C=O) groups excluding carboxylic acids is 2. The second-order valence-corrected chi connectivity index (χ2v) is 5.85. The Kier molecular flexibility index (Phi) is 2.88. The van der Waals surface area contributed by atoms with E-state index in [1.165, 1.54) is 0 Å². The van der Waals surface area contributed by atoms with E-state index in [0.29, 0.717) is 6.42 Å². The molecule has 1 aromatic heterocycles. The molecule has 0 bridgehead atoms. The molecule has 2 heterocycles. The Morgan fingerprint density at radius 1 is 1.04 bits per heavy atom. The fourth-order valence-electron chi connectivity index (χ4n) is 3.47. The van der Waals surface area contributed by atoms with Gasteiger partial charge in [-0.25, -0.2) is 0 Å². The van der Waals surface area contributed by atoms with Gasteiger partial charge in [-0.1, -0.05) is 36.4 Å². The van der Waals surface area contributed by atoms with Gasteiger partial charge in [0.05, 0.1) is 23.3 Å². The molecule has 3 aromatic rings.